The Labute approximate surface area is 279 Å². The summed E-state index contributed by atoms with van der Waals surface area (Å²) < 4.78 is 37.0. The van der Waals surface area contributed by atoms with Crippen molar-refractivity contribution in [2.75, 3.05) is 13.9 Å². The Morgan fingerprint density at radius 2 is 1.63 bits per heavy atom. The molecular formula is C35H59NO8Si2. The van der Waals surface area contributed by atoms with Gasteiger partial charge in [-0.15, -0.1) is 5.54 Å². The molecule has 11 heteroatoms. The fourth-order valence-corrected chi connectivity index (χ4v) is 12.7. The predicted octanol–water partition coefficient (Wildman–Crippen LogP) is 7.21. The van der Waals surface area contributed by atoms with Crippen LogP contribution in [0.15, 0.2) is 30.3 Å². The average molecular weight is 678 g/mol. The van der Waals surface area contributed by atoms with Crippen LogP contribution in [0.4, 0.5) is 4.79 Å². The van der Waals surface area contributed by atoms with Crippen LogP contribution in [-0.4, -0.2) is 78.4 Å². The minimum Gasteiger partial charge on any atom is -0.445 e. The van der Waals surface area contributed by atoms with Gasteiger partial charge in [-0.25, -0.2) is 4.79 Å². The quantitative estimate of drug-likeness (QED) is 0.118. The van der Waals surface area contributed by atoms with E-state index in [0.29, 0.717) is 23.0 Å². The molecule has 2 rings (SSSR count). The molecule has 1 aromatic carbocycles. The van der Waals surface area contributed by atoms with Gasteiger partial charge in [0.2, 0.25) is 8.32 Å². The number of hydrogen-bond donors (Lipinski definition) is 1. The number of ketones is 1. The van der Waals surface area contributed by atoms with Gasteiger partial charge in [0.15, 0.2) is 18.2 Å². The van der Waals surface area contributed by atoms with Crippen molar-refractivity contribution in [2.24, 2.45) is 0 Å². The molecule has 1 amide bonds. The molecule has 0 aliphatic carbocycles. The highest BCUT2D eigenvalue weighted by molar-refractivity contribution is 6.83. The zero-order valence-electron chi connectivity index (χ0n) is 30.4. The third-order valence-electron chi connectivity index (χ3n) is 8.51. The smallest absolute Gasteiger partial charge is 0.408 e. The molecule has 1 N–H and O–H groups in total. The second kappa shape index (κ2) is 17.4. The first-order chi connectivity index (χ1) is 21.4. The molecule has 0 spiro atoms. The van der Waals surface area contributed by atoms with Crippen molar-refractivity contribution in [3.63, 3.8) is 0 Å². The maximum absolute atomic E-state index is 13.3. The lowest BCUT2D eigenvalue weighted by atomic mass is 9.92. The Morgan fingerprint density at radius 3 is 2.13 bits per heavy atom. The van der Waals surface area contributed by atoms with Gasteiger partial charge in [0.05, 0.1) is 12.2 Å². The summed E-state index contributed by atoms with van der Waals surface area (Å²) >= 11 is 0. The normalized spacial score (nSPS) is 22.6. The van der Waals surface area contributed by atoms with E-state index >= 15 is 0 Å². The van der Waals surface area contributed by atoms with Crippen molar-refractivity contribution in [3.05, 3.63) is 35.9 Å². The number of rotatable bonds is 15. The van der Waals surface area contributed by atoms with Crippen LogP contribution in [0.3, 0.4) is 0 Å². The standard InChI is InChI=1S/C35H59NO8Si2/c1-24(2)46(25(3)4,26(5)6)44-30-21-31(42-28(8)32(30)41-23-39-10)43-33(27(7)37)35(9,19-20-45(11,12)13)36-34(38)40-22-29-17-15-14-16-18-29/h14-18,24-26,28,30-33H,21-23H2,1-13H3,(H,36,38)/t28-,30+,31-,32-,33-,35+/m1/s1. The molecular weight excluding hydrogens is 619 g/mol. The lowest BCUT2D eigenvalue weighted by molar-refractivity contribution is -0.274. The second-order valence-electron chi connectivity index (χ2n) is 14.5. The minimum absolute atomic E-state index is 0.0775. The molecule has 0 unspecified atom stereocenters. The summed E-state index contributed by atoms with van der Waals surface area (Å²) in [6, 6.07) is 9.40. The van der Waals surface area contributed by atoms with Gasteiger partial charge in [-0.2, -0.15) is 0 Å². The summed E-state index contributed by atoms with van der Waals surface area (Å²) in [5.74, 6) is 2.92. The van der Waals surface area contributed by atoms with E-state index in [9.17, 15) is 9.59 Å². The van der Waals surface area contributed by atoms with Gasteiger partial charge < -0.3 is 33.4 Å². The molecule has 0 saturated carbocycles. The minimum atomic E-state index is -2.34. The molecule has 1 aliphatic rings. The number of methoxy groups -OCH3 is 1. The van der Waals surface area contributed by atoms with Crippen molar-refractivity contribution >= 4 is 28.3 Å². The summed E-state index contributed by atoms with van der Waals surface area (Å²) in [6.45, 7) is 25.0. The molecule has 1 heterocycles. The molecule has 0 bridgehead atoms. The Balaban J connectivity index is 2.44. The van der Waals surface area contributed by atoms with Gasteiger partial charge in [-0.3, -0.25) is 4.79 Å². The number of benzene rings is 1. The van der Waals surface area contributed by atoms with E-state index in [1.54, 1.807) is 14.0 Å². The van der Waals surface area contributed by atoms with Crippen LogP contribution in [0.25, 0.3) is 0 Å². The third-order valence-corrected chi connectivity index (χ3v) is 15.5. The van der Waals surface area contributed by atoms with E-state index in [1.165, 1.54) is 6.92 Å². The van der Waals surface area contributed by atoms with Gasteiger partial charge in [0.1, 0.15) is 33.1 Å². The molecule has 1 fully saturated rings. The molecule has 0 aromatic heterocycles. The van der Waals surface area contributed by atoms with Crippen LogP contribution < -0.4 is 5.32 Å². The molecule has 0 radical (unpaired) electrons. The van der Waals surface area contributed by atoms with E-state index in [0.717, 1.165) is 5.56 Å². The second-order valence-corrected chi connectivity index (χ2v) is 24.7. The van der Waals surface area contributed by atoms with Crippen molar-refractivity contribution in [1.82, 2.24) is 5.32 Å². The largest absolute Gasteiger partial charge is 0.445 e. The van der Waals surface area contributed by atoms with Crippen LogP contribution in [0.2, 0.25) is 36.3 Å². The highest BCUT2D eigenvalue weighted by Crippen LogP contribution is 2.45. The van der Waals surface area contributed by atoms with Gasteiger partial charge in [-0.05, 0) is 43.0 Å². The van der Waals surface area contributed by atoms with Gasteiger partial charge in [0, 0.05) is 13.5 Å². The lowest BCUT2D eigenvalue weighted by Crippen LogP contribution is -2.61. The summed E-state index contributed by atoms with van der Waals surface area (Å²) in [5.41, 5.74) is 3.83. The SMILES string of the molecule is COCO[C@H]1[C@@H](O[Si](C(C)C)(C(C)C)C(C)C)C[C@@H](O[C@H](C(C)=O)[C@](C)(C#C[Si](C)(C)C)NC(=O)OCc2ccccc2)O[C@@H]1C. The highest BCUT2D eigenvalue weighted by Gasteiger charge is 2.51. The topological polar surface area (TPSA) is 102 Å². The number of amides is 1. The average Bonchev–Trinajstić information content (AvgIpc) is 2.95. The van der Waals surface area contributed by atoms with Crippen molar-refractivity contribution in [3.8, 4) is 11.5 Å². The lowest BCUT2D eigenvalue weighted by Gasteiger charge is -2.49. The third kappa shape index (κ3) is 11.0. The number of carbonyl (C=O) groups is 2. The Hall–Kier alpha value is -2.05. The first-order valence-corrected chi connectivity index (χ1v) is 22.1. The number of ether oxygens (including phenoxy) is 5. The number of carbonyl (C=O) groups excluding carboxylic acids is 2. The molecule has 1 aromatic rings. The Kier molecular flexibility index (Phi) is 15.2. The predicted molar refractivity (Wildman–Crippen MR) is 186 cm³/mol. The van der Waals surface area contributed by atoms with E-state index in [-0.39, 0.29) is 25.3 Å². The van der Waals surface area contributed by atoms with Crippen LogP contribution >= 0.6 is 0 Å². The first kappa shape index (κ1) is 40.1. The van der Waals surface area contributed by atoms with E-state index < -0.39 is 52.6 Å². The van der Waals surface area contributed by atoms with Crippen molar-refractivity contribution in [2.45, 2.75) is 148 Å². The first-order valence-electron chi connectivity index (χ1n) is 16.5. The zero-order valence-corrected chi connectivity index (χ0v) is 32.4. The maximum atomic E-state index is 13.3. The summed E-state index contributed by atoms with van der Waals surface area (Å²) in [6.07, 6.45) is -3.50. The van der Waals surface area contributed by atoms with Crippen LogP contribution in [0.1, 0.15) is 74.3 Å². The fourth-order valence-electron chi connectivity index (χ4n) is 6.50. The number of hydrogen-bond acceptors (Lipinski definition) is 8. The summed E-state index contributed by atoms with van der Waals surface area (Å²) in [5, 5.41) is 2.87. The summed E-state index contributed by atoms with van der Waals surface area (Å²) in [7, 11) is -2.67. The molecule has 260 valence electrons. The summed E-state index contributed by atoms with van der Waals surface area (Å²) in [4.78, 5) is 26.5. The monoisotopic (exact) mass is 677 g/mol. The number of alkyl carbamates (subject to hydrolysis) is 1. The van der Waals surface area contributed by atoms with Crippen molar-refractivity contribution < 1.29 is 37.7 Å². The highest BCUT2D eigenvalue weighted by atomic mass is 28.4. The molecule has 6 atom stereocenters. The van der Waals surface area contributed by atoms with Gasteiger partial charge in [-0.1, -0.05) is 97.4 Å². The molecule has 46 heavy (non-hydrogen) atoms. The van der Waals surface area contributed by atoms with Gasteiger partial charge in [0.25, 0.3) is 0 Å². The van der Waals surface area contributed by atoms with E-state index in [1.807, 2.05) is 37.3 Å². The van der Waals surface area contributed by atoms with E-state index in [4.69, 9.17) is 28.1 Å². The number of Topliss-reactive ketones (excluding diaryl/α,β-unsaturated/α-hetero) is 1. The van der Waals surface area contributed by atoms with Crippen LogP contribution in [0, 0.1) is 11.5 Å². The zero-order chi connectivity index (χ0) is 34.9. The van der Waals surface area contributed by atoms with E-state index in [2.05, 4.69) is 78.0 Å². The Morgan fingerprint density at radius 1 is 1.04 bits per heavy atom. The fraction of sp³-hybridized carbons (Fsp3) is 0.714. The van der Waals surface area contributed by atoms with Crippen LogP contribution in [-0.2, 0) is 39.5 Å². The van der Waals surface area contributed by atoms with Gasteiger partial charge >= 0.3 is 6.09 Å². The molecule has 1 aliphatic heterocycles. The number of nitrogens with one attached hydrogen (secondary N) is 1. The van der Waals surface area contributed by atoms with Crippen molar-refractivity contribution in [1.29, 1.82) is 0 Å². The molecule has 9 nitrogen and oxygen atoms in total. The maximum Gasteiger partial charge on any atom is 0.408 e. The Bertz CT molecular complexity index is 1150. The van der Waals surface area contributed by atoms with Crippen LogP contribution in [0.5, 0.6) is 0 Å². The molecule has 1 saturated heterocycles.